The number of hydrogen-bond acceptors (Lipinski definition) is 1. The van der Waals surface area contributed by atoms with E-state index in [0.717, 1.165) is 9.13 Å². The van der Waals surface area contributed by atoms with Gasteiger partial charge in [0.1, 0.15) is 5.82 Å². The van der Waals surface area contributed by atoms with Gasteiger partial charge in [-0.3, -0.25) is 0 Å². The lowest BCUT2D eigenvalue weighted by Crippen LogP contribution is -2.22. The molecule has 1 aliphatic rings. The van der Waals surface area contributed by atoms with Crippen molar-refractivity contribution in [1.82, 2.24) is 0 Å². The molecule has 0 amide bonds. The number of nitrogens with two attached hydrogens (primary N) is 1. The molecule has 1 nitrogen and oxygen atoms in total. The van der Waals surface area contributed by atoms with Crippen LogP contribution in [0.1, 0.15) is 50.1 Å². The van der Waals surface area contributed by atoms with Crippen LogP contribution in [0, 0.1) is 15.3 Å². The third-order valence-corrected chi connectivity index (χ3v) is 4.66. The van der Waals surface area contributed by atoms with Crippen molar-refractivity contribution in [2.24, 2.45) is 11.7 Å². The highest BCUT2D eigenvalue weighted by atomic mass is 127. The van der Waals surface area contributed by atoms with E-state index >= 15 is 0 Å². The first kappa shape index (κ1) is 13.3. The molecule has 2 rings (SSSR count). The molecule has 1 unspecified atom stereocenters. The molecule has 17 heavy (non-hydrogen) atoms. The van der Waals surface area contributed by atoms with Gasteiger partial charge in [-0.1, -0.05) is 31.7 Å². The average Bonchev–Trinajstić information content (AvgIpc) is 2.56. The van der Waals surface area contributed by atoms with Crippen LogP contribution in [0.25, 0.3) is 0 Å². The minimum Gasteiger partial charge on any atom is -0.324 e. The van der Waals surface area contributed by atoms with Crippen LogP contribution < -0.4 is 5.73 Å². The van der Waals surface area contributed by atoms with Crippen molar-refractivity contribution in [3.63, 3.8) is 0 Å². The van der Waals surface area contributed by atoms with Crippen molar-refractivity contribution >= 4 is 22.6 Å². The van der Waals surface area contributed by atoms with Gasteiger partial charge in [-0.25, -0.2) is 4.39 Å². The van der Waals surface area contributed by atoms with Crippen LogP contribution in [0.15, 0.2) is 18.2 Å². The molecule has 3 heteroatoms. The highest BCUT2D eigenvalue weighted by Crippen LogP contribution is 2.33. The zero-order chi connectivity index (χ0) is 12.3. The Hall–Kier alpha value is -0.160. The van der Waals surface area contributed by atoms with Crippen LogP contribution in [0.5, 0.6) is 0 Å². The Morgan fingerprint density at radius 3 is 2.41 bits per heavy atom. The number of halogens is 2. The fourth-order valence-corrected chi connectivity index (χ4v) is 3.53. The van der Waals surface area contributed by atoms with E-state index in [1.165, 1.54) is 44.6 Å². The largest absolute Gasteiger partial charge is 0.324 e. The van der Waals surface area contributed by atoms with E-state index in [0.29, 0.717) is 5.92 Å². The molecule has 1 atom stereocenters. The quantitative estimate of drug-likeness (QED) is 0.623. The Kier molecular flexibility index (Phi) is 4.79. The maximum Gasteiger partial charge on any atom is 0.124 e. The summed E-state index contributed by atoms with van der Waals surface area (Å²) in [7, 11) is 0. The lowest BCUT2D eigenvalue weighted by Gasteiger charge is -2.23. The van der Waals surface area contributed by atoms with Crippen LogP contribution in [-0.2, 0) is 0 Å². The van der Waals surface area contributed by atoms with Crippen molar-refractivity contribution in [1.29, 1.82) is 0 Å². The molecule has 1 aliphatic carbocycles. The van der Waals surface area contributed by atoms with Crippen molar-refractivity contribution in [3.8, 4) is 0 Å². The summed E-state index contributed by atoms with van der Waals surface area (Å²) < 4.78 is 14.0. The van der Waals surface area contributed by atoms with Crippen LogP contribution in [0.4, 0.5) is 4.39 Å². The zero-order valence-corrected chi connectivity index (χ0v) is 12.1. The molecule has 0 aliphatic heterocycles. The minimum atomic E-state index is -0.175. The topological polar surface area (TPSA) is 26.0 Å². The molecule has 0 radical (unpaired) electrons. The monoisotopic (exact) mass is 347 g/mol. The second kappa shape index (κ2) is 6.14. The number of benzene rings is 1. The summed E-state index contributed by atoms with van der Waals surface area (Å²) >= 11 is 2.19. The van der Waals surface area contributed by atoms with Gasteiger partial charge in [0.05, 0.1) is 0 Å². The normalized spacial score (nSPS) is 19.9. The summed E-state index contributed by atoms with van der Waals surface area (Å²) in [4.78, 5) is 0. The maximum atomic E-state index is 13.1. The van der Waals surface area contributed by atoms with E-state index in [-0.39, 0.29) is 11.9 Å². The van der Waals surface area contributed by atoms with Crippen molar-refractivity contribution in [3.05, 3.63) is 33.1 Å². The maximum absolute atomic E-state index is 13.1. The molecule has 0 saturated heterocycles. The predicted molar refractivity (Wildman–Crippen MR) is 77.2 cm³/mol. The van der Waals surface area contributed by atoms with E-state index in [1.54, 1.807) is 6.07 Å². The fourth-order valence-electron chi connectivity index (χ4n) is 2.70. The van der Waals surface area contributed by atoms with Gasteiger partial charge in [0.15, 0.2) is 0 Å². The lowest BCUT2D eigenvalue weighted by molar-refractivity contribution is 0.381. The molecule has 0 spiro atoms. The third kappa shape index (κ3) is 3.41. The highest BCUT2D eigenvalue weighted by molar-refractivity contribution is 14.1. The first-order valence-electron chi connectivity index (χ1n) is 6.39. The zero-order valence-electron chi connectivity index (χ0n) is 9.96. The minimum absolute atomic E-state index is 0.0700. The summed E-state index contributed by atoms with van der Waals surface area (Å²) in [6.45, 7) is 0. The van der Waals surface area contributed by atoms with E-state index in [2.05, 4.69) is 22.6 Å². The van der Waals surface area contributed by atoms with Gasteiger partial charge < -0.3 is 5.73 Å². The van der Waals surface area contributed by atoms with Gasteiger partial charge in [-0.2, -0.15) is 0 Å². The van der Waals surface area contributed by atoms with Crippen molar-refractivity contribution < 1.29 is 4.39 Å². The van der Waals surface area contributed by atoms with E-state index < -0.39 is 0 Å². The summed E-state index contributed by atoms with van der Waals surface area (Å²) in [5, 5.41) is 0. The van der Waals surface area contributed by atoms with Crippen LogP contribution in [0.3, 0.4) is 0 Å². The van der Waals surface area contributed by atoms with E-state index in [1.807, 2.05) is 6.07 Å². The average molecular weight is 347 g/mol. The summed E-state index contributed by atoms with van der Waals surface area (Å²) in [6.07, 6.45) is 7.68. The second-order valence-electron chi connectivity index (χ2n) is 4.94. The van der Waals surface area contributed by atoms with Gasteiger partial charge in [-0.05, 0) is 59.0 Å². The van der Waals surface area contributed by atoms with E-state index in [9.17, 15) is 4.39 Å². The molecule has 0 aromatic heterocycles. The highest BCUT2D eigenvalue weighted by Gasteiger charge is 2.22. The predicted octanol–water partition coefficient (Wildman–Crippen LogP) is 4.40. The Bertz CT molecular complexity index is 372. The molecule has 0 bridgehead atoms. The van der Waals surface area contributed by atoms with Crippen LogP contribution in [-0.4, -0.2) is 0 Å². The second-order valence-corrected chi connectivity index (χ2v) is 6.11. The van der Waals surface area contributed by atoms with Crippen LogP contribution in [0.2, 0.25) is 0 Å². The SMILES string of the molecule is NC(c1ccc(F)cc1I)C1CCCCCC1. The molecule has 1 fully saturated rings. The van der Waals surface area contributed by atoms with Gasteiger partial charge in [0.25, 0.3) is 0 Å². The Balaban J connectivity index is 2.14. The Labute approximate surface area is 116 Å². The van der Waals surface area contributed by atoms with Crippen molar-refractivity contribution in [2.75, 3.05) is 0 Å². The first-order chi connectivity index (χ1) is 8.18. The first-order valence-corrected chi connectivity index (χ1v) is 7.47. The molecule has 0 heterocycles. The Morgan fingerprint density at radius 2 is 1.82 bits per heavy atom. The van der Waals surface area contributed by atoms with Gasteiger partial charge >= 0.3 is 0 Å². The third-order valence-electron chi connectivity index (χ3n) is 3.73. The molecule has 1 aromatic carbocycles. The summed E-state index contributed by atoms with van der Waals surface area (Å²) in [6, 6.07) is 5.02. The molecular weight excluding hydrogens is 328 g/mol. The van der Waals surface area contributed by atoms with Gasteiger partial charge in [-0.15, -0.1) is 0 Å². The summed E-state index contributed by atoms with van der Waals surface area (Å²) in [5.74, 6) is 0.391. The van der Waals surface area contributed by atoms with E-state index in [4.69, 9.17) is 5.73 Å². The molecule has 94 valence electrons. The Morgan fingerprint density at radius 1 is 1.18 bits per heavy atom. The molecule has 1 saturated carbocycles. The van der Waals surface area contributed by atoms with Gasteiger partial charge in [0, 0.05) is 9.61 Å². The van der Waals surface area contributed by atoms with Crippen molar-refractivity contribution in [2.45, 2.75) is 44.6 Å². The summed E-state index contributed by atoms with van der Waals surface area (Å²) in [5.41, 5.74) is 7.47. The lowest BCUT2D eigenvalue weighted by atomic mass is 9.88. The number of hydrogen-bond donors (Lipinski definition) is 1. The smallest absolute Gasteiger partial charge is 0.124 e. The standard InChI is InChI=1S/C14H19FIN/c15-11-7-8-12(13(16)9-11)14(17)10-5-3-1-2-4-6-10/h7-10,14H,1-6,17H2. The fraction of sp³-hybridized carbons (Fsp3) is 0.571. The molecule has 1 aromatic rings. The molecular formula is C14H19FIN. The van der Waals surface area contributed by atoms with Gasteiger partial charge in [0.2, 0.25) is 0 Å². The van der Waals surface area contributed by atoms with Crippen LogP contribution >= 0.6 is 22.6 Å². The molecule has 2 N–H and O–H groups in total. The number of rotatable bonds is 2.